The summed E-state index contributed by atoms with van der Waals surface area (Å²) in [5.74, 6) is 2.87. The number of aromatic hydroxyl groups is 2. The molecule has 556 valence electrons. The molecule has 22 heteroatoms. The fraction of sp³-hybridized carbons (Fsp3) is 0. The maximum atomic E-state index is 11.4. The summed E-state index contributed by atoms with van der Waals surface area (Å²) >= 11 is 0. The minimum absolute atomic E-state index is 0.0629. The Morgan fingerprint density at radius 3 is 0.763 bits per heavy atom. The maximum absolute atomic E-state index is 11.4. The molecule has 0 amide bonds. The van der Waals surface area contributed by atoms with E-state index in [0.29, 0.717) is 78.0 Å². The van der Waals surface area contributed by atoms with Crippen molar-refractivity contribution in [2.75, 3.05) is 0 Å². The number of nitrogens with zero attached hydrogens (tertiary/aromatic N) is 5. The molecule has 114 heavy (non-hydrogen) atoms. The molecule has 18 aromatic rings. The Balaban J connectivity index is 1.04. The van der Waals surface area contributed by atoms with Gasteiger partial charge in [-0.3, -0.25) is 0 Å². The molecule has 0 saturated heterocycles. The van der Waals surface area contributed by atoms with E-state index in [1.165, 1.54) is 28.9 Å². The molecule has 0 bridgehead atoms. The third-order valence-electron chi connectivity index (χ3n) is 19.0. The second kappa shape index (κ2) is 31.9. The number of benzene rings is 18. The van der Waals surface area contributed by atoms with Gasteiger partial charge in [0.05, 0.1) is 0 Å². The van der Waals surface area contributed by atoms with Gasteiger partial charge in [-0.25, -0.2) is 0 Å². The Bertz CT molecular complexity index is 6570. The molecule has 19 rings (SSSR count). The van der Waals surface area contributed by atoms with Crippen molar-refractivity contribution >= 4 is 128 Å². The van der Waals surface area contributed by atoms with E-state index >= 15 is 0 Å². The molecule has 0 aromatic heterocycles. The first kappa shape index (κ1) is 71.7. The van der Waals surface area contributed by atoms with Gasteiger partial charge in [-0.05, 0) is 140 Å². The molecular formula is C92H66N5O12P5. The fourth-order valence-corrected chi connectivity index (χ4v) is 25.6. The molecular weight excluding hydrogens is 1520 g/mol. The summed E-state index contributed by atoms with van der Waals surface area (Å²) in [4.78, 5) is 32.8. The van der Waals surface area contributed by atoms with Crippen LogP contribution in [0, 0.1) is 0 Å². The summed E-state index contributed by atoms with van der Waals surface area (Å²) in [5, 5.41) is 35.1. The van der Waals surface area contributed by atoms with Gasteiger partial charge in [0, 0.05) is 61.5 Å². The summed E-state index contributed by atoms with van der Waals surface area (Å²) in [6, 6.07) is 123. The zero-order valence-electron chi connectivity index (χ0n) is 60.4. The van der Waals surface area contributed by atoms with Gasteiger partial charge in [0.2, 0.25) is 0 Å². The van der Waals surface area contributed by atoms with Crippen LogP contribution in [0.2, 0.25) is 0 Å². The Morgan fingerprint density at radius 1 is 0.219 bits per heavy atom. The minimum atomic E-state index is -5.15. The Hall–Kier alpha value is -12.6. The van der Waals surface area contributed by atoms with E-state index in [9.17, 15) is 10.2 Å². The van der Waals surface area contributed by atoms with Crippen LogP contribution >= 0.6 is 41.5 Å². The van der Waals surface area contributed by atoms with Gasteiger partial charge in [0.15, 0.2) is 23.0 Å². The van der Waals surface area contributed by atoms with Crippen molar-refractivity contribution in [3.05, 3.63) is 388 Å². The first-order chi connectivity index (χ1) is 56.3. The van der Waals surface area contributed by atoms with Crippen LogP contribution < -0.4 is 46.5 Å². The lowest BCUT2D eigenvalue weighted by molar-refractivity contribution is 0.0311. The van der Waals surface area contributed by atoms with Crippen LogP contribution in [-0.2, 0) is 0 Å². The van der Waals surface area contributed by atoms with Crippen molar-refractivity contribution in [1.82, 2.24) is 18.4 Å². The highest BCUT2D eigenvalue weighted by Crippen LogP contribution is 2.79. The van der Waals surface area contributed by atoms with E-state index in [1.807, 2.05) is 340 Å². The van der Waals surface area contributed by atoms with Crippen LogP contribution in [0.15, 0.2) is 393 Å². The summed E-state index contributed by atoms with van der Waals surface area (Å²) in [6.07, 6.45) is 0. The molecule has 1 aliphatic rings. The Labute approximate surface area is 660 Å². The van der Waals surface area contributed by atoms with Crippen molar-refractivity contribution in [2.45, 2.75) is 0 Å². The zero-order chi connectivity index (χ0) is 76.3. The van der Waals surface area contributed by atoms with Crippen molar-refractivity contribution in [2.24, 2.45) is 4.52 Å². The number of rotatable bonds is 20. The molecule has 4 atom stereocenters. The molecule has 1 aliphatic heterocycles. The largest absolute Gasteiger partial charge is 0.508 e. The molecule has 0 spiro atoms. The SMILES string of the molecule is Oc1ccc(OP2(Oc3ccc(O)cc3)=NP(Oc3cccc4ccccc34)N(Oc3cccc4ccccc34)P(Oc3cccc4ccccc34)N(Oc3cccc4ccccc34)P(Oc3cccc4ccccc34)N(Oc3cccc4ccccc34)P(Oc3cccc4ccccc34)N2Oc2cccc3ccccc23)cc1. The quantitative estimate of drug-likeness (QED) is 0.0694. The number of fused-ring (bicyclic) bond motifs is 8. The van der Waals surface area contributed by atoms with Gasteiger partial charge in [-0.15, -0.1) is 4.52 Å². The van der Waals surface area contributed by atoms with Crippen LogP contribution in [0.4, 0.5) is 0 Å². The van der Waals surface area contributed by atoms with Gasteiger partial charge < -0.3 is 56.7 Å². The smallest absolute Gasteiger partial charge is 0.447 e. The molecule has 0 radical (unpaired) electrons. The van der Waals surface area contributed by atoms with Crippen LogP contribution in [0.1, 0.15) is 0 Å². The highest BCUT2D eigenvalue weighted by molar-refractivity contribution is 7.78. The fourth-order valence-electron chi connectivity index (χ4n) is 13.5. The highest BCUT2D eigenvalue weighted by atomic mass is 31.3. The molecule has 0 aliphatic carbocycles. The molecule has 4 unspecified atom stereocenters. The average Bonchev–Trinajstić information content (AvgIpc) is 0.731. The van der Waals surface area contributed by atoms with Gasteiger partial charge >= 0.3 is 41.5 Å². The summed E-state index contributed by atoms with van der Waals surface area (Å²) in [7, 11) is -17.7. The molecule has 0 saturated carbocycles. The third-order valence-corrected chi connectivity index (χ3v) is 29.9. The first-order valence-corrected chi connectivity index (χ1v) is 42.7. The Kier molecular flexibility index (Phi) is 20.1. The van der Waals surface area contributed by atoms with E-state index in [2.05, 4.69) is 0 Å². The van der Waals surface area contributed by atoms with Crippen LogP contribution in [0.25, 0.3) is 86.2 Å². The van der Waals surface area contributed by atoms with E-state index < -0.39 is 41.5 Å². The van der Waals surface area contributed by atoms with Gasteiger partial charge in [0.25, 0.3) is 0 Å². The van der Waals surface area contributed by atoms with Crippen molar-refractivity contribution in [3.8, 4) is 69.0 Å². The molecule has 17 nitrogen and oxygen atoms in total. The number of phenols is 2. The van der Waals surface area contributed by atoms with Crippen LogP contribution in [-0.4, -0.2) is 28.6 Å². The summed E-state index contributed by atoms with van der Waals surface area (Å²) in [5.41, 5.74) is 0. The normalized spacial score (nSPS) is 16.3. The lowest BCUT2D eigenvalue weighted by Crippen LogP contribution is -2.41. The lowest BCUT2D eigenvalue weighted by Gasteiger charge is -2.46. The van der Waals surface area contributed by atoms with Gasteiger partial charge in [0.1, 0.15) is 46.0 Å². The standard InChI is InChI=1S/C92H66N5O12P5/c98-73-57-61-75(62-58-73)108-114(109-76-63-59-74(99)60-64-76)93-110(104-89-53-21-37-69-29-5-13-45-81(69)89)94(100-85-49-17-33-65-25-1-9-41-77(65)85)111(105-90-54-22-38-70-30-6-14-46-82(70)90)95(101-86-50-18-34-66-26-2-10-42-78(66)86)112(106-91-55-23-39-71-31-7-15-47-83(71)91)96(102-87-51-19-35-67-27-3-11-43-79(67)87)113(107-92-56-24-40-72-32-8-16-48-84(72)92)97(114)103-88-52-20-36-68-28-4-12-44-80(68)88/h1-64,98-99H. The van der Waals surface area contributed by atoms with E-state index in [4.69, 9.17) is 51.0 Å². The third kappa shape index (κ3) is 14.6. The van der Waals surface area contributed by atoms with Crippen LogP contribution in [0.3, 0.4) is 0 Å². The minimum Gasteiger partial charge on any atom is -0.508 e. The molecule has 1 heterocycles. The number of phenolic OH excluding ortho intramolecular Hbond substituents is 2. The summed E-state index contributed by atoms with van der Waals surface area (Å²) < 4.78 is 62.0. The van der Waals surface area contributed by atoms with E-state index in [-0.39, 0.29) is 28.7 Å². The number of hydrogen-bond donors (Lipinski definition) is 2. The lowest BCUT2D eigenvalue weighted by atomic mass is 10.1. The van der Waals surface area contributed by atoms with Gasteiger partial charge in [-0.1, -0.05) is 291 Å². The average molecular weight is 1590 g/mol. The predicted molar refractivity (Wildman–Crippen MR) is 458 cm³/mol. The second-order valence-electron chi connectivity index (χ2n) is 26.3. The summed E-state index contributed by atoms with van der Waals surface area (Å²) in [6.45, 7) is 0. The molecule has 18 aromatic carbocycles. The predicted octanol–water partition coefficient (Wildman–Crippen LogP) is 27.1. The molecule has 2 N–H and O–H groups in total. The number of hydrogen-bond acceptors (Lipinski definition) is 17. The van der Waals surface area contributed by atoms with E-state index in [0.717, 1.165) is 48.5 Å². The highest BCUT2D eigenvalue weighted by Gasteiger charge is 2.61. The van der Waals surface area contributed by atoms with Crippen molar-refractivity contribution in [1.29, 1.82) is 0 Å². The zero-order valence-corrected chi connectivity index (χ0v) is 64.9. The second-order valence-corrected chi connectivity index (χ2v) is 35.3. The molecule has 0 fully saturated rings. The monoisotopic (exact) mass is 1590 g/mol. The van der Waals surface area contributed by atoms with Crippen molar-refractivity contribution < 1.29 is 56.7 Å². The maximum Gasteiger partial charge on any atom is 0.447 e. The Morgan fingerprint density at radius 2 is 0.447 bits per heavy atom. The first-order valence-electron chi connectivity index (χ1n) is 36.5. The van der Waals surface area contributed by atoms with Gasteiger partial charge in [-0.2, -0.15) is 0 Å². The van der Waals surface area contributed by atoms with E-state index in [1.54, 1.807) is 38.1 Å². The van der Waals surface area contributed by atoms with Crippen molar-refractivity contribution in [3.63, 3.8) is 0 Å². The van der Waals surface area contributed by atoms with Crippen LogP contribution in [0.5, 0.6) is 69.0 Å². The topological polar surface area (TPSA) is 158 Å².